The molecule has 0 amide bonds. The van der Waals surface area contributed by atoms with Crippen LogP contribution in [0.3, 0.4) is 0 Å². The largest absolute Gasteiger partial charge is 0.334 e. The van der Waals surface area contributed by atoms with E-state index in [0.717, 1.165) is 6.07 Å². The molecule has 0 spiro atoms. The predicted molar refractivity (Wildman–Crippen MR) is 67.1 cm³/mol. The van der Waals surface area contributed by atoms with Crippen LogP contribution in [-0.2, 0) is 0 Å². The Morgan fingerprint density at radius 2 is 1.85 bits per heavy atom. The lowest BCUT2D eigenvalue weighted by atomic mass is 10.1. The molecule has 2 aromatic rings. The first-order chi connectivity index (χ1) is 9.49. The molecule has 0 saturated carbocycles. The van der Waals surface area contributed by atoms with E-state index < -0.39 is 22.2 Å². The Bertz CT molecular complexity index is 902. The second kappa shape index (κ2) is 5.00. The number of nitrogens with one attached hydrogen (secondary N) is 1. The van der Waals surface area contributed by atoms with Crippen LogP contribution in [0.15, 0.2) is 27.8 Å². The zero-order chi connectivity index (χ0) is 14.9. The summed E-state index contributed by atoms with van der Waals surface area (Å²) in [5, 5.41) is 17.0. The maximum Gasteiger partial charge on any atom is 0.334 e. The van der Waals surface area contributed by atoms with Crippen LogP contribution in [0.5, 0.6) is 0 Å². The van der Waals surface area contributed by atoms with Crippen LogP contribution >= 0.6 is 11.6 Å². The first-order valence-electron chi connectivity index (χ1n) is 5.14. The number of hydrogen-bond acceptors (Lipinski definition) is 4. The smallest absolute Gasteiger partial charge is 0.295 e. The molecule has 1 aromatic heterocycles. The first kappa shape index (κ1) is 13.5. The van der Waals surface area contributed by atoms with Gasteiger partial charge in [-0.2, -0.15) is 14.9 Å². The van der Waals surface area contributed by atoms with Crippen LogP contribution in [0, 0.1) is 28.5 Å². The van der Waals surface area contributed by atoms with Crippen molar-refractivity contribution in [3.63, 3.8) is 0 Å². The van der Waals surface area contributed by atoms with Crippen molar-refractivity contribution in [1.82, 2.24) is 9.55 Å². The Hall–Kier alpha value is -2.90. The number of aromatic nitrogens is 2. The quantitative estimate of drug-likeness (QED) is 0.793. The minimum absolute atomic E-state index is 0.0355. The van der Waals surface area contributed by atoms with Crippen LogP contribution in [0.25, 0.3) is 5.69 Å². The Morgan fingerprint density at radius 1 is 1.20 bits per heavy atom. The van der Waals surface area contributed by atoms with Gasteiger partial charge in [-0.1, -0.05) is 11.6 Å². The fraction of sp³-hybridized carbons (Fsp3) is 0. The molecule has 0 bridgehead atoms. The van der Waals surface area contributed by atoms with Crippen molar-refractivity contribution < 1.29 is 4.39 Å². The second-order valence-electron chi connectivity index (χ2n) is 3.65. The summed E-state index contributed by atoms with van der Waals surface area (Å²) in [6.07, 6.45) is 0. The number of halogens is 2. The number of nitriles is 2. The Balaban J connectivity index is 2.81. The van der Waals surface area contributed by atoms with E-state index in [0.29, 0.717) is 4.57 Å². The third kappa shape index (κ3) is 2.07. The Labute approximate surface area is 115 Å². The van der Waals surface area contributed by atoms with Gasteiger partial charge in [-0.3, -0.25) is 9.78 Å². The summed E-state index contributed by atoms with van der Waals surface area (Å²) >= 11 is 5.35. The topological polar surface area (TPSA) is 102 Å². The highest BCUT2D eigenvalue weighted by Gasteiger charge is 2.14. The van der Waals surface area contributed by atoms with Crippen LogP contribution in [-0.4, -0.2) is 9.55 Å². The van der Waals surface area contributed by atoms with E-state index in [9.17, 15) is 14.0 Å². The molecule has 1 aromatic carbocycles. The molecular weight excluding hydrogens is 287 g/mol. The van der Waals surface area contributed by atoms with Crippen LogP contribution < -0.4 is 11.2 Å². The molecule has 1 heterocycles. The van der Waals surface area contributed by atoms with Gasteiger partial charge in [-0.05, 0) is 18.2 Å². The molecule has 0 saturated heterocycles. The minimum Gasteiger partial charge on any atom is -0.295 e. The molecule has 2 rings (SSSR count). The van der Waals surface area contributed by atoms with Gasteiger partial charge in [0, 0.05) is 0 Å². The van der Waals surface area contributed by atoms with E-state index in [1.807, 2.05) is 4.98 Å². The van der Waals surface area contributed by atoms with Gasteiger partial charge in [-0.15, -0.1) is 0 Å². The van der Waals surface area contributed by atoms with Crippen molar-refractivity contribution >= 4 is 11.6 Å². The SMILES string of the molecule is N#Cc1ccc(-n2c(=O)[nH]c(Cl)c(F)c2=O)cc1C#N. The monoisotopic (exact) mass is 290 g/mol. The summed E-state index contributed by atoms with van der Waals surface area (Å²) < 4.78 is 13.9. The fourth-order valence-electron chi connectivity index (χ4n) is 1.58. The summed E-state index contributed by atoms with van der Waals surface area (Å²) in [6.45, 7) is 0. The first-order valence-corrected chi connectivity index (χ1v) is 5.52. The lowest BCUT2D eigenvalue weighted by Gasteiger charge is -2.06. The Morgan fingerprint density at radius 3 is 2.45 bits per heavy atom. The molecule has 20 heavy (non-hydrogen) atoms. The van der Waals surface area contributed by atoms with E-state index in [-0.39, 0.29) is 16.8 Å². The van der Waals surface area contributed by atoms with Crippen LogP contribution in [0.4, 0.5) is 4.39 Å². The highest BCUT2D eigenvalue weighted by atomic mass is 35.5. The molecule has 0 radical (unpaired) electrons. The summed E-state index contributed by atoms with van der Waals surface area (Å²) in [7, 11) is 0. The lowest BCUT2D eigenvalue weighted by molar-refractivity contribution is 0.584. The van der Waals surface area contributed by atoms with Gasteiger partial charge in [-0.25, -0.2) is 9.36 Å². The number of hydrogen-bond donors (Lipinski definition) is 1. The summed E-state index contributed by atoms with van der Waals surface area (Å²) in [6, 6.07) is 7.19. The van der Waals surface area contributed by atoms with Crippen molar-refractivity contribution in [2.24, 2.45) is 0 Å². The van der Waals surface area contributed by atoms with Crippen LogP contribution in [0.2, 0.25) is 5.15 Å². The number of benzene rings is 1. The second-order valence-corrected chi connectivity index (χ2v) is 4.03. The summed E-state index contributed by atoms with van der Waals surface area (Å²) in [5.74, 6) is -1.31. The highest BCUT2D eigenvalue weighted by Crippen LogP contribution is 2.12. The standard InChI is InChI=1S/C12H4ClFN4O2/c13-10-9(14)11(19)18(12(20)17-10)8-2-1-6(4-15)7(3-8)5-16/h1-3H,(H,17,20). The normalized spacial score (nSPS) is 9.80. The van der Waals surface area contributed by atoms with Gasteiger partial charge >= 0.3 is 5.69 Å². The summed E-state index contributed by atoms with van der Waals surface area (Å²) in [4.78, 5) is 25.3. The molecule has 0 aliphatic carbocycles. The Kier molecular flexibility index (Phi) is 3.38. The van der Waals surface area contributed by atoms with E-state index >= 15 is 0 Å². The molecular formula is C12H4ClFN4O2. The van der Waals surface area contributed by atoms with E-state index in [2.05, 4.69) is 0 Å². The molecule has 1 N–H and O–H groups in total. The van der Waals surface area contributed by atoms with Gasteiger partial charge in [0.05, 0.1) is 16.8 Å². The average Bonchev–Trinajstić information content (AvgIpc) is 2.44. The van der Waals surface area contributed by atoms with Gasteiger partial charge in [0.1, 0.15) is 12.1 Å². The zero-order valence-corrected chi connectivity index (χ0v) is 10.4. The maximum atomic E-state index is 13.4. The molecule has 0 aliphatic rings. The fourth-order valence-corrected chi connectivity index (χ4v) is 1.75. The number of nitrogens with zero attached hydrogens (tertiary/aromatic N) is 3. The zero-order valence-electron chi connectivity index (χ0n) is 9.65. The maximum absolute atomic E-state index is 13.4. The minimum atomic E-state index is -1.31. The molecule has 0 atom stereocenters. The van der Waals surface area contributed by atoms with Crippen molar-refractivity contribution in [2.45, 2.75) is 0 Å². The van der Waals surface area contributed by atoms with Gasteiger partial charge in [0.25, 0.3) is 5.56 Å². The average molecular weight is 291 g/mol. The van der Waals surface area contributed by atoms with Crippen molar-refractivity contribution in [2.75, 3.05) is 0 Å². The van der Waals surface area contributed by atoms with E-state index in [4.69, 9.17) is 22.1 Å². The van der Waals surface area contributed by atoms with Crippen molar-refractivity contribution in [1.29, 1.82) is 10.5 Å². The lowest BCUT2D eigenvalue weighted by Crippen LogP contribution is -2.35. The number of aromatic amines is 1. The molecule has 0 fully saturated rings. The van der Waals surface area contributed by atoms with Crippen molar-refractivity contribution in [3.05, 3.63) is 61.1 Å². The molecule has 6 nitrogen and oxygen atoms in total. The number of H-pyrrole nitrogens is 1. The third-order valence-electron chi connectivity index (χ3n) is 2.51. The molecule has 98 valence electrons. The molecule has 0 unspecified atom stereocenters. The van der Waals surface area contributed by atoms with E-state index in [1.165, 1.54) is 12.1 Å². The third-order valence-corrected chi connectivity index (χ3v) is 2.77. The predicted octanol–water partition coefficient (Wildman–Crippen LogP) is 1.06. The van der Waals surface area contributed by atoms with Crippen LogP contribution in [0.1, 0.15) is 11.1 Å². The number of rotatable bonds is 1. The van der Waals surface area contributed by atoms with Gasteiger partial charge in [0.15, 0.2) is 5.15 Å². The van der Waals surface area contributed by atoms with Crippen molar-refractivity contribution in [3.8, 4) is 17.8 Å². The van der Waals surface area contributed by atoms with Gasteiger partial charge in [0.2, 0.25) is 5.82 Å². The molecule has 8 heteroatoms. The highest BCUT2D eigenvalue weighted by molar-refractivity contribution is 6.29. The van der Waals surface area contributed by atoms with E-state index in [1.54, 1.807) is 12.1 Å². The van der Waals surface area contributed by atoms with Gasteiger partial charge < -0.3 is 0 Å². The summed E-state index contributed by atoms with van der Waals surface area (Å²) in [5.41, 5.74) is -2.19. The molecule has 0 aliphatic heterocycles.